The summed E-state index contributed by atoms with van der Waals surface area (Å²) in [5.41, 5.74) is 2.05. The molecule has 4 nitrogen and oxygen atoms in total. The molecule has 132 valence electrons. The number of piperidine rings is 1. The number of carbonyl (C=O) groups excluding carboxylic acids is 1. The quantitative estimate of drug-likeness (QED) is 0.917. The largest absolute Gasteiger partial charge is 0.393 e. The van der Waals surface area contributed by atoms with Gasteiger partial charge in [0.2, 0.25) is 5.91 Å². The summed E-state index contributed by atoms with van der Waals surface area (Å²) in [5.74, 6) is -0.214. The number of ether oxygens (including phenoxy) is 1. The topological polar surface area (TPSA) is 49.8 Å². The van der Waals surface area contributed by atoms with Gasteiger partial charge in [-0.2, -0.15) is 0 Å². The van der Waals surface area contributed by atoms with Gasteiger partial charge in [0.15, 0.2) is 0 Å². The molecule has 1 amide bonds. The Bertz CT molecular complexity index is 670. The van der Waals surface area contributed by atoms with Gasteiger partial charge in [0, 0.05) is 20.2 Å². The number of nitrogens with zero attached hydrogens (tertiary/aromatic N) is 1. The van der Waals surface area contributed by atoms with Crippen LogP contribution in [0.4, 0.5) is 0 Å². The standard InChI is InChI=1S/C21H25NO3/c1-25-20(16-7-3-2-4-8-16)17-9-5-6-10-18(15-17)21(24)22-13-11-19(23)12-14-22/h2-10,15,18-20,23H,11-14H2,1H3. The van der Waals surface area contributed by atoms with Crippen molar-refractivity contribution < 1.29 is 14.6 Å². The van der Waals surface area contributed by atoms with Gasteiger partial charge in [-0.15, -0.1) is 0 Å². The Morgan fingerprint density at radius 3 is 2.60 bits per heavy atom. The first kappa shape index (κ1) is 17.6. The molecule has 2 unspecified atom stereocenters. The van der Waals surface area contributed by atoms with E-state index < -0.39 is 0 Å². The number of hydrogen-bond acceptors (Lipinski definition) is 3. The van der Waals surface area contributed by atoms with Crippen molar-refractivity contribution in [3.8, 4) is 0 Å². The highest BCUT2D eigenvalue weighted by atomic mass is 16.5. The molecule has 0 aromatic heterocycles. The molecular formula is C21H25NO3. The van der Waals surface area contributed by atoms with Crippen molar-refractivity contribution in [3.05, 3.63) is 71.8 Å². The second kappa shape index (κ2) is 8.28. The zero-order valence-corrected chi connectivity index (χ0v) is 14.5. The molecule has 1 saturated heterocycles. The molecular weight excluding hydrogens is 314 g/mol. The number of amides is 1. The number of aliphatic hydroxyl groups is 1. The SMILES string of the molecule is COC(C1=CC(C(=O)N2CCC(O)CC2)C=CC=C1)c1ccccc1. The molecule has 1 N–H and O–H groups in total. The van der Waals surface area contributed by atoms with Gasteiger partial charge in [-0.3, -0.25) is 4.79 Å². The Labute approximate surface area is 149 Å². The molecule has 1 fully saturated rings. The Morgan fingerprint density at radius 1 is 1.20 bits per heavy atom. The molecule has 1 aromatic carbocycles. The van der Waals surface area contributed by atoms with Crippen LogP contribution < -0.4 is 0 Å². The van der Waals surface area contributed by atoms with Crippen molar-refractivity contribution in [1.29, 1.82) is 0 Å². The molecule has 1 heterocycles. The van der Waals surface area contributed by atoms with Crippen molar-refractivity contribution >= 4 is 5.91 Å². The number of hydrogen-bond donors (Lipinski definition) is 1. The summed E-state index contributed by atoms with van der Waals surface area (Å²) in [7, 11) is 1.69. The van der Waals surface area contributed by atoms with E-state index >= 15 is 0 Å². The lowest BCUT2D eigenvalue weighted by Crippen LogP contribution is -2.42. The second-order valence-corrected chi connectivity index (χ2v) is 6.52. The number of methoxy groups -OCH3 is 1. The van der Waals surface area contributed by atoms with Crippen molar-refractivity contribution in [2.75, 3.05) is 20.2 Å². The zero-order valence-electron chi connectivity index (χ0n) is 14.5. The van der Waals surface area contributed by atoms with E-state index in [2.05, 4.69) is 0 Å². The highest BCUT2D eigenvalue weighted by Crippen LogP contribution is 2.29. The van der Waals surface area contributed by atoms with Crippen molar-refractivity contribution in [3.63, 3.8) is 0 Å². The minimum absolute atomic E-state index is 0.0901. The minimum Gasteiger partial charge on any atom is -0.393 e. The smallest absolute Gasteiger partial charge is 0.233 e. The number of rotatable bonds is 4. The van der Waals surface area contributed by atoms with Crippen LogP contribution in [0.15, 0.2) is 66.3 Å². The predicted octanol–water partition coefficient (Wildman–Crippen LogP) is 3.03. The van der Waals surface area contributed by atoms with Crippen LogP contribution in [0.25, 0.3) is 0 Å². The van der Waals surface area contributed by atoms with Gasteiger partial charge in [-0.25, -0.2) is 0 Å². The summed E-state index contributed by atoms with van der Waals surface area (Å²) in [6.45, 7) is 1.24. The maximum absolute atomic E-state index is 12.9. The Kier molecular flexibility index (Phi) is 5.84. The Balaban J connectivity index is 1.81. The summed E-state index contributed by atoms with van der Waals surface area (Å²) in [5, 5.41) is 9.65. The molecule has 25 heavy (non-hydrogen) atoms. The van der Waals surface area contributed by atoms with Crippen LogP contribution >= 0.6 is 0 Å². The van der Waals surface area contributed by atoms with E-state index in [1.54, 1.807) is 7.11 Å². The summed E-state index contributed by atoms with van der Waals surface area (Å²) >= 11 is 0. The summed E-state index contributed by atoms with van der Waals surface area (Å²) < 4.78 is 5.71. The van der Waals surface area contributed by atoms with E-state index in [4.69, 9.17) is 4.74 Å². The highest BCUT2D eigenvalue weighted by molar-refractivity contribution is 5.83. The summed E-state index contributed by atoms with van der Waals surface area (Å²) in [6, 6.07) is 10.0. The van der Waals surface area contributed by atoms with Crippen LogP contribution in [0.2, 0.25) is 0 Å². The molecule has 4 heteroatoms. The highest BCUT2D eigenvalue weighted by Gasteiger charge is 2.26. The fourth-order valence-corrected chi connectivity index (χ4v) is 3.39. The third kappa shape index (κ3) is 4.27. The second-order valence-electron chi connectivity index (χ2n) is 6.52. The molecule has 0 spiro atoms. The molecule has 0 bridgehead atoms. The maximum Gasteiger partial charge on any atom is 0.233 e. The first-order valence-corrected chi connectivity index (χ1v) is 8.80. The number of likely N-dealkylation sites (tertiary alicyclic amines) is 1. The average Bonchev–Trinajstić information content (AvgIpc) is 2.90. The van der Waals surface area contributed by atoms with Gasteiger partial charge in [-0.05, 0) is 24.0 Å². The average molecular weight is 339 g/mol. The predicted molar refractivity (Wildman–Crippen MR) is 97.9 cm³/mol. The van der Waals surface area contributed by atoms with Crippen molar-refractivity contribution in [2.24, 2.45) is 5.92 Å². The molecule has 0 radical (unpaired) electrons. The van der Waals surface area contributed by atoms with Crippen molar-refractivity contribution in [2.45, 2.75) is 25.0 Å². The Morgan fingerprint density at radius 2 is 1.92 bits per heavy atom. The summed E-state index contributed by atoms with van der Waals surface area (Å²) in [4.78, 5) is 14.7. The first-order valence-electron chi connectivity index (χ1n) is 8.80. The van der Waals surface area contributed by atoms with Crippen LogP contribution in [0.5, 0.6) is 0 Å². The molecule has 3 rings (SSSR count). The number of aliphatic hydroxyl groups excluding tert-OH is 1. The summed E-state index contributed by atoms with van der Waals surface area (Å²) in [6.07, 6.45) is 10.6. The van der Waals surface area contributed by atoms with E-state index in [0.717, 1.165) is 11.1 Å². The third-order valence-corrected chi connectivity index (χ3v) is 4.79. The monoisotopic (exact) mass is 339 g/mol. The van der Waals surface area contributed by atoms with Crippen LogP contribution in [0.1, 0.15) is 24.5 Å². The molecule has 2 aliphatic rings. The third-order valence-electron chi connectivity index (χ3n) is 4.79. The lowest BCUT2D eigenvalue weighted by Gasteiger charge is -2.31. The van der Waals surface area contributed by atoms with E-state index in [0.29, 0.717) is 25.9 Å². The van der Waals surface area contributed by atoms with Crippen LogP contribution in [-0.4, -0.2) is 42.2 Å². The van der Waals surface area contributed by atoms with E-state index in [1.165, 1.54) is 0 Å². The molecule has 1 aromatic rings. The molecule has 1 aliphatic heterocycles. The Hall–Kier alpha value is -2.17. The van der Waals surface area contributed by atoms with Gasteiger partial charge < -0.3 is 14.7 Å². The maximum atomic E-state index is 12.9. The van der Waals surface area contributed by atoms with Crippen LogP contribution in [-0.2, 0) is 9.53 Å². The lowest BCUT2D eigenvalue weighted by atomic mass is 9.96. The fourth-order valence-electron chi connectivity index (χ4n) is 3.39. The van der Waals surface area contributed by atoms with Gasteiger partial charge >= 0.3 is 0 Å². The molecule has 1 aliphatic carbocycles. The number of benzene rings is 1. The van der Waals surface area contributed by atoms with Gasteiger partial charge in [0.1, 0.15) is 6.10 Å². The minimum atomic E-state index is -0.304. The van der Waals surface area contributed by atoms with E-state index in [1.807, 2.05) is 65.6 Å². The number of carbonyl (C=O) groups is 1. The van der Waals surface area contributed by atoms with Crippen molar-refractivity contribution in [1.82, 2.24) is 4.90 Å². The van der Waals surface area contributed by atoms with Crippen LogP contribution in [0.3, 0.4) is 0 Å². The lowest BCUT2D eigenvalue weighted by molar-refractivity contribution is -0.134. The van der Waals surface area contributed by atoms with Crippen LogP contribution in [0, 0.1) is 5.92 Å². The number of allylic oxidation sites excluding steroid dienone is 2. The van der Waals surface area contributed by atoms with Gasteiger partial charge in [-0.1, -0.05) is 60.7 Å². The normalized spacial score (nSPS) is 22.4. The fraction of sp³-hybridized carbons (Fsp3) is 0.381. The first-order chi connectivity index (χ1) is 12.2. The van der Waals surface area contributed by atoms with Gasteiger partial charge in [0.25, 0.3) is 0 Å². The molecule has 2 atom stereocenters. The van der Waals surface area contributed by atoms with E-state index in [-0.39, 0.29) is 24.0 Å². The zero-order chi connectivity index (χ0) is 17.6. The van der Waals surface area contributed by atoms with Gasteiger partial charge in [0.05, 0.1) is 12.0 Å². The molecule has 0 saturated carbocycles. The van der Waals surface area contributed by atoms with E-state index in [9.17, 15) is 9.90 Å².